The number of piperazine rings is 1. The normalized spacial score (nSPS) is 14.4. The molecule has 2 aromatic rings. The molecule has 0 spiro atoms. The number of carbonyl (C=O) groups is 2. The first kappa shape index (κ1) is 18.3. The standard InChI is InChI=1S/C16H13ClFN3O4S/c17-12-9-10(18)1-2-11(12)15(22)19-5-7-20(8-6-19)16(23)13-3-4-14(26-13)21(24)25/h1-4,9H,5-8H2. The molecule has 1 aliphatic rings. The molecule has 7 nitrogen and oxygen atoms in total. The van der Waals surface area contributed by atoms with E-state index in [0.717, 1.165) is 17.4 Å². The van der Waals surface area contributed by atoms with Crippen LogP contribution in [-0.4, -0.2) is 52.7 Å². The molecule has 3 rings (SSSR count). The molecule has 1 aromatic carbocycles. The summed E-state index contributed by atoms with van der Waals surface area (Å²) in [4.78, 5) is 38.5. The van der Waals surface area contributed by atoms with Crippen LogP contribution in [0.15, 0.2) is 30.3 Å². The number of halogens is 2. The molecule has 1 aliphatic heterocycles. The van der Waals surface area contributed by atoms with E-state index < -0.39 is 10.7 Å². The van der Waals surface area contributed by atoms with Gasteiger partial charge >= 0.3 is 5.00 Å². The van der Waals surface area contributed by atoms with Crippen molar-refractivity contribution in [2.75, 3.05) is 26.2 Å². The molecule has 1 aromatic heterocycles. The maximum atomic E-state index is 13.1. The first-order valence-corrected chi connectivity index (χ1v) is 8.84. The fraction of sp³-hybridized carbons (Fsp3) is 0.250. The van der Waals surface area contributed by atoms with Crippen molar-refractivity contribution in [3.63, 3.8) is 0 Å². The number of nitro groups is 1. The summed E-state index contributed by atoms with van der Waals surface area (Å²) in [5.74, 6) is -1.14. The Morgan fingerprint density at radius 1 is 1.08 bits per heavy atom. The second-order valence-electron chi connectivity index (χ2n) is 5.60. The molecule has 2 heterocycles. The van der Waals surface area contributed by atoms with Crippen molar-refractivity contribution >= 4 is 39.8 Å². The SMILES string of the molecule is O=C(c1ccc([N+](=O)[O-])s1)N1CCN(C(=O)c2ccc(F)cc2Cl)CC1. The third kappa shape index (κ3) is 3.68. The average Bonchev–Trinajstić information content (AvgIpc) is 3.11. The maximum Gasteiger partial charge on any atom is 0.324 e. The molecule has 0 atom stereocenters. The van der Waals surface area contributed by atoms with E-state index in [-0.39, 0.29) is 32.3 Å². The monoisotopic (exact) mass is 397 g/mol. The lowest BCUT2D eigenvalue weighted by atomic mass is 10.1. The summed E-state index contributed by atoms with van der Waals surface area (Å²) in [5.41, 5.74) is 0.210. The molecule has 0 saturated carbocycles. The fourth-order valence-corrected chi connectivity index (χ4v) is 3.68. The molecule has 1 fully saturated rings. The topological polar surface area (TPSA) is 83.8 Å². The lowest BCUT2D eigenvalue weighted by Gasteiger charge is -2.34. The number of benzene rings is 1. The van der Waals surface area contributed by atoms with Gasteiger partial charge < -0.3 is 9.80 Å². The molecular weight excluding hydrogens is 385 g/mol. The van der Waals surface area contributed by atoms with Gasteiger partial charge in [-0.3, -0.25) is 19.7 Å². The Balaban J connectivity index is 1.64. The summed E-state index contributed by atoms with van der Waals surface area (Å²) in [6.07, 6.45) is 0. The van der Waals surface area contributed by atoms with Crippen LogP contribution in [0, 0.1) is 15.9 Å². The predicted molar refractivity (Wildman–Crippen MR) is 94.2 cm³/mol. The van der Waals surface area contributed by atoms with E-state index in [1.807, 2.05) is 0 Å². The van der Waals surface area contributed by atoms with Crippen molar-refractivity contribution in [1.82, 2.24) is 9.80 Å². The van der Waals surface area contributed by atoms with E-state index in [2.05, 4.69) is 0 Å². The molecule has 0 radical (unpaired) electrons. The largest absolute Gasteiger partial charge is 0.335 e. The number of hydrogen-bond acceptors (Lipinski definition) is 5. The van der Waals surface area contributed by atoms with Crippen LogP contribution in [0.5, 0.6) is 0 Å². The van der Waals surface area contributed by atoms with E-state index >= 15 is 0 Å². The van der Waals surface area contributed by atoms with Crippen molar-refractivity contribution in [3.8, 4) is 0 Å². The van der Waals surface area contributed by atoms with E-state index in [9.17, 15) is 24.1 Å². The highest BCUT2D eigenvalue weighted by Crippen LogP contribution is 2.26. The Kier molecular flexibility index (Phi) is 5.19. The molecular formula is C16H13ClFN3O4S. The van der Waals surface area contributed by atoms with Gasteiger partial charge in [-0.2, -0.15) is 0 Å². The van der Waals surface area contributed by atoms with Gasteiger partial charge in [0.25, 0.3) is 11.8 Å². The molecule has 10 heteroatoms. The van der Waals surface area contributed by atoms with Gasteiger partial charge in [0.2, 0.25) is 0 Å². The van der Waals surface area contributed by atoms with E-state index in [1.54, 1.807) is 9.80 Å². The Labute approximate surface area is 156 Å². The summed E-state index contributed by atoms with van der Waals surface area (Å²) in [7, 11) is 0. The lowest BCUT2D eigenvalue weighted by Crippen LogP contribution is -2.50. The van der Waals surface area contributed by atoms with Gasteiger partial charge in [-0.15, -0.1) is 0 Å². The van der Waals surface area contributed by atoms with Crippen molar-refractivity contribution in [1.29, 1.82) is 0 Å². The summed E-state index contributed by atoms with van der Waals surface area (Å²) < 4.78 is 13.1. The van der Waals surface area contributed by atoms with E-state index in [0.29, 0.717) is 26.2 Å². The van der Waals surface area contributed by atoms with Crippen LogP contribution in [0.2, 0.25) is 5.02 Å². The molecule has 0 bridgehead atoms. The number of nitrogens with zero attached hydrogens (tertiary/aromatic N) is 3. The minimum Gasteiger partial charge on any atom is -0.335 e. The van der Waals surface area contributed by atoms with Crippen LogP contribution in [-0.2, 0) is 0 Å². The van der Waals surface area contributed by atoms with E-state index in [4.69, 9.17) is 11.6 Å². The van der Waals surface area contributed by atoms with Gasteiger partial charge in [-0.1, -0.05) is 22.9 Å². The highest BCUT2D eigenvalue weighted by Gasteiger charge is 2.28. The lowest BCUT2D eigenvalue weighted by molar-refractivity contribution is -0.380. The zero-order valence-electron chi connectivity index (χ0n) is 13.4. The van der Waals surface area contributed by atoms with Crippen molar-refractivity contribution < 1.29 is 18.9 Å². The minimum atomic E-state index is -0.537. The van der Waals surface area contributed by atoms with Crippen LogP contribution in [0.4, 0.5) is 9.39 Å². The Morgan fingerprint density at radius 3 is 2.23 bits per heavy atom. The number of hydrogen-bond donors (Lipinski definition) is 0. The average molecular weight is 398 g/mol. The molecule has 2 amide bonds. The molecule has 0 aliphatic carbocycles. The van der Waals surface area contributed by atoms with Crippen molar-refractivity contribution in [2.24, 2.45) is 0 Å². The minimum absolute atomic E-state index is 0.0411. The second-order valence-corrected chi connectivity index (χ2v) is 7.07. The fourth-order valence-electron chi connectivity index (χ4n) is 2.64. The highest BCUT2D eigenvalue weighted by molar-refractivity contribution is 7.17. The highest BCUT2D eigenvalue weighted by atomic mass is 35.5. The van der Waals surface area contributed by atoms with Gasteiger partial charge in [-0.05, 0) is 24.3 Å². The number of carbonyl (C=O) groups excluding carboxylic acids is 2. The number of thiophene rings is 1. The Morgan fingerprint density at radius 2 is 1.69 bits per heavy atom. The summed E-state index contributed by atoms with van der Waals surface area (Å²) in [6, 6.07) is 6.32. The number of amides is 2. The maximum absolute atomic E-state index is 13.1. The smallest absolute Gasteiger partial charge is 0.324 e. The molecule has 0 unspecified atom stereocenters. The Bertz CT molecular complexity index is 880. The predicted octanol–water partition coefficient (Wildman–Crippen LogP) is 3.05. The third-order valence-electron chi connectivity index (χ3n) is 4.00. The summed E-state index contributed by atoms with van der Waals surface area (Å²) in [5, 5.41) is 10.7. The first-order chi connectivity index (χ1) is 12.4. The zero-order valence-corrected chi connectivity index (χ0v) is 14.9. The molecule has 26 heavy (non-hydrogen) atoms. The second kappa shape index (κ2) is 7.38. The van der Waals surface area contributed by atoms with Crippen LogP contribution < -0.4 is 0 Å². The van der Waals surface area contributed by atoms with Crippen LogP contribution in [0.1, 0.15) is 20.0 Å². The van der Waals surface area contributed by atoms with Crippen LogP contribution in [0.25, 0.3) is 0 Å². The summed E-state index contributed by atoms with van der Waals surface area (Å²) >= 11 is 6.75. The quantitative estimate of drug-likeness (QED) is 0.588. The van der Waals surface area contributed by atoms with Crippen molar-refractivity contribution in [3.05, 3.63) is 61.7 Å². The van der Waals surface area contributed by atoms with Crippen molar-refractivity contribution in [2.45, 2.75) is 0 Å². The third-order valence-corrected chi connectivity index (χ3v) is 5.34. The van der Waals surface area contributed by atoms with Gasteiger partial charge in [0.05, 0.1) is 20.4 Å². The van der Waals surface area contributed by atoms with Gasteiger partial charge in [0.1, 0.15) is 5.82 Å². The van der Waals surface area contributed by atoms with Gasteiger partial charge in [0.15, 0.2) is 0 Å². The Hall–Kier alpha value is -2.52. The summed E-state index contributed by atoms with van der Waals surface area (Å²) in [6.45, 7) is 1.20. The van der Waals surface area contributed by atoms with Crippen LogP contribution >= 0.6 is 22.9 Å². The van der Waals surface area contributed by atoms with Gasteiger partial charge in [0, 0.05) is 32.2 Å². The zero-order chi connectivity index (χ0) is 18.8. The van der Waals surface area contributed by atoms with Gasteiger partial charge in [-0.25, -0.2) is 4.39 Å². The molecule has 1 saturated heterocycles. The van der Waals surface area contributed by atoms with E-state index in [1.165, 1.54) is 24.3 Å². The number of rotatable bonds is 3. The molecule has 136 valence electrons. The first-order valence-electron chi connectivity index (χ1n) is 7.64. The van der Waals surface area contributed by atoms with Crippen LogP contribution in [0.3, 0.4) is 0 Å². The molecule has 0 N–H and O–H groups in total.